The Labute approximate surface area is 84.9 Å². The molecule has 0 atom stereocenters. The molecule has 1 aliphatic carbocycles. The molecule has 1 aliphatic heterocycles. The van der Waals surface area contributed by atoms with E-state index in [1.54, 1.807) is 5.57 Å². The lowest BCUT2D eigenvalue weighted by Crippen LogP contribution is -2.22. The number of hydrogen-bond acceptors (Lipinski definition) is 2. The molecule has 13 heavy (non-hydrogen) atoms. The van der Waals surface area contributed by atoms with E-state index in [2.05, 4.69) is 0 Å². The van der Waals surface area contributed by atoms with Crippen molar-refractivity contribution in [3.8, 4) is 0 Å². The Kier molecular flexibility index (Phi) is 3.59. The maximum Gasteiger partial charge on any atom is 0.0917 e. The van der Waals surface area contributed by atoms with Crippen molar-refractivity contribution in [1.82, 2.24) is 0 Å². The van der Waals surface area contributed by atoms with Crippen molar-refractivity contribution >= 4 is 11.8 Å². The van der Waals surface area contributed by atoms with Crippen LogP contribution in [0, 0.1) is 5.92 Å². The van der Waals surface area contributed by atoms with Crippen LogP contribution in [0.5, 0.6) is 0 Å². The van der Waals surface area contributed by atoms with E-state index < -0.39 is 0 Å². The van der Waals surface area contributed by atoms with Gasteiger partial charge >= 0.3 is 0 Å². The third-order valence-corrected chi connectivity index (χ3v) is 4.20. The summed E-state index contributed by atoms with van der Waals surface area (Å²) in [6.07, 6.45) is 8.75. The molecule has 0 unspecified atom stereocenters. The fourth-order valence-electron chi connectivity index (χ4n) is 1.81. The first kappa shape index (κ1) is 9.45. The Morgan fingerprint density at radius 3 is 2.62 bits per heavy atom. The van der Waals surface area contributed by atoms with E-state index in [1.807, 2.05) is 18.0 Å². The van der Waals surface area contributed by atoms with Gasteiger partial charge in [-0.15, -0.1) is 0 Å². The Balaban J connectivity index is 1.63. The summed E-state index contributed by atoms with van der Waals surface area (Å²) in [6, 6.07) is 0. The van der Waals surface area contributed by atoms with Gasteiger partial charge < -0.3 is 4.74 Å². The molecule has 1 saturated carbocycles. The van der Waals surface area contributed by atoms with Crippen LogP contribution in [0.15, 0.2) is 11.8 Å². The molecule has 0 aromatic rings. The molecule has 2 rings (SSSR count). The first-order valence-corrected chi connectivity index (χ1v) is 6.48. The molecular formula is C11H18OS. The smallest absolute Gasteiger partial charge is 0.0917 e. The van der Waals surface area contributed by atoms with Gasteiger partial charge in [0.25, 0.3) is 0 Å². The molecular weight excluding hydrogens is 180 g/mol. The molecule has 0 N–H and O–H groups in total. The first-order chi connectivity index (χ1) is 6.45. The Hall–Kier alpha value is -0.110. The Morgan fingerprint density at radius 1 is 1.23 bits per heavy atom. The average molecular weight is 198 g/mol. The van der Waals surface area contributed by atoms with Crippen LogP contribution in [0.1, 0.15) is 32.1 Å². The standard InChI is InChI=1S/C11H18OS/c1-2-4-10(5-3-1)6-12-7-11-8-13-9-11/h6,11H,1-5,7-9H2. The number of ether oxygens (including phenoxy) is 1. The first-order valence-electron chi connectivity index (χ1n) is 5.32. The summed E-state index contributed by atoms with van der Waals surface area (Å²) in [5.74, 6) is 3.46. The van der Waals surface area contributed by atoms with Crippen LogP contribution < -0.4 is 0 Å². The highest BCUT2D eigenvalue weighted by Crippen LogP contribution is 2.26. The molecule has 74 valence electrons. The van der Waals surface area contributed by atoms with E-state index in [-0.39, 0.29) is 0 Å². The molecule has 0 bridgehead atoms. The normalized spacial score (nSPS) is 23.8. The van der Waals surface area contributed by atoms with E-state index in [0.29, 0.717) is 0 Å². The maximum atomic E-state index is 5.60. The molecule has 1 heterocycles. The summed E-state index contributed by atoms with van der Waals surface area (Å²) in [6.45, 7) is 0.955. The van der Waals surface area contributed by atoms with Crippen LogP contribution in [0.3, 0.4) is 0 Å². The third-order valence-electron chi connectivity index (χ3n) is 2.78. The summed E-state index contributed by atoms with van der Waals surface area (Å²) in [4.78, 5) is 0. The minimum Gasteiger partial charge on any atom is -0.501 e. The lowest BCUT2D eigenvalue weighted by atomic mass is 9.96. The highest BCUT2D eigenvalue weighted by Gasteiger charge is 2.17. The van der Waals surface area contributed by atoms with Gasteiger partial charge in [0, 0.05) is 17.4 Å². The van der Waals surface area contributed by atoms with E-state index in [0.717, 1.165) is 12.5 Å². The lowest BCUT2D eigenvalue weighted by molar-refractivity contribution is 0.206. The third kappa shape index (κ3) is 2.94. The minimum atomic E-state index is 0.838. The molecule has 1 saturated heterocycles. The Morgan fingerprint density at radius 2 is 2.00 bits per heavy atom. The average Bonchev–Trinajstić information content (AvgIpc) is 2.11. The molecule has 1 nitrogen and oxygen atoms in total. The van der Waals surface area contributed by atoms with E-state index in [1.165, 1.54) is 43.6 Å². The van der Waals surface area contributed by atoms with Crippen molar-refractivity contribution in [1.29, 1.82) is 0 Å². The van der Waals surface area contributed by atoms with Gasteiger partial charge in [-0.05, 0) is 31.3 Å². The van der Waals surface area contributed by atoms with Crippen molar-refractivity contribution in [3.05, 3.63) is 11.8 Å². The second kappa shape index (κ2) is 4.94. The van der Waals surface area contributed by atoms with Crippen molar-refractivity contribution in [2.75, 3.05) is 18.1 Å². The number of thioether (sulfide) groups is 1. The fourth-order valence-corrected chi connectivity index (χ4v) is 2.57. The van der Waals surface area contributed by atoms with Crippen molar-refractivity contribution < 1.29 is 4.74 Å². The number of hydrogen-bond donors (Lipinski definition) is 0. The molecule has 2 fully saturated rings. The summed E-state index contributed by atoms with van der Waals surface area (Å²) in [7, 11) is 0. The summed E-state index contributed by atoms with van der Waals surface area (Å²) < 4.78 is 5.60. The van der Waals surface area contributed by atoms with Gasteiger partial charge in [0.05, 0.1) is 12.9 Å². The van der Waals surface area contributed by atoms with E-state index in [4.69, 9.17) is 4.74 Å². The molecule has 0 amide bonds. The van der Waals surface area contributed by atoms with Crippen molar-refractivity contribution in [2.45, 2.75) is 32.1 Å². The highest BCUT2D eigenvalue weighted by molar-refractivity contribution is 8.00. The quantitative estimate of drug-likeness (QED) is 0.644. The largest absolute Gasteiger partial charge is 0.501 e. The van der Waals surface area contributed by atoms with Crippen LogP contribution in [-0.4, -0.2) is 18.1 Å². The van der Waals surface area contributed by atoms with Gasteiger partial charge in [-0.2, -0.15) is 11.8 Å². The minimum absolute atomic E-state index is 0.838. The van der Waals surface area contributed by atoms with Gasteiger partial charge in [0.1, 0.15) is 0 Å². The molecule has 0 aromatic carbocycles. The molecule has 2 aliphatic rings. The van der Waals surface area contributed by atoms with E-state index in [9.17, 15) is 0 Å². The van der Waals surface area contributed by atoms with Gasteiger partial charge in [0.2, 0.25) is 0 Å². The summed E-state index contributed by atoms with van der Waals surface area (Å²) in [5, 5.41) is 0. The van der Waals surface area contributed by atoms with Gasteiger partial charge in [-0.25, -0.2) is 0 Å². The zero-order valence-electron chi connectivity index (χ0n) is 8.13. The van der Waals surface area contributed by atoms with E-state index >= 15 is 0 Å². The highest BCUT2D eigenvalue weighted by atomic mass is 32.2. The molecule has 2 heteroatoms. The predicted octanol–water partition coefficient (Wildman–Crippen LogP) is 3.21. The lowest BCUT2D eigenvalue weighted by Gasteiger charge is -2.24. The fraction of sp³-hybridized carbons (Fsp3) is 0.818. The zero-order valence-corrected chi connectivity index (χ0v) is 8.94. The number of allylic oxidation sites excluding steroid dienone is 1. The molecule has 0 aromatic heterocycles. The van der Waals surface area contributed by atoms with Crippen LogP contribution in [0.4, 0.5) is 0 Å². The predicted molar refractivity (Wildman–Crippen MR) is 57.9 cm³/mol. The van der Waals surface area contributed by atoms with Crippen molar-refractivity contribution in [2.24, 2.45) is 5.92 Å². The zero-order chi connectivity index (χ0) is 8.93. The summed E-state index contributed by atoms with van der Waals surface area (Å²) in [5.41, 5.74) is 1.54. The van der Waals surface area contributed by atoms with Crippen LogP contribution in [0.25, 0.3) is 0 Å². The monoisotopic (exact) mass is 198 g/mol. The molecule has 0 spiro atoms. The summed E-state index contributed by atoms with van der Waals surface area (Å²) >= 11 is 2.03. The maximum absolute atomic E-state index is 5.60. The SMILES string of the molecule is C(OCC1CSC1)=C1CCCCC1. The van der Waals surface area contributed by atoms with Crippen LogP contribution in [0.2, 0.25) is 0 Å². The second-order valence-electron chi connectivity index (χ2n) is 4.07. The number of rotatable bonds is 3. The van der Waals surface area contributed by atoms with Crippen molar-refractivity contribution in [3.63, 3.8) is 0 Å². The second-order valence-corrected chi connectivity index (χ2v) is 5.15. The van der Waals surface area contributed by atoms with Gasteiger partial charge in [-0.3, -0.25) is 0 Å². The Bertz CT molecular complexity index is 177. The van der Waals surface area contributed by atoms with Gasteiger partial charge in [0.15, 0.2) is 0 Å². The topological polar surface area (TPSA) is 9.23 Å². The van der Waals surface area contributed by atoms with Crippen LogP contribution in [-0.2, 0) is 4.74 Å². The molecule has 0 radical (unpaired) electrons. The van der Waals surface area contributed by atoms with Crippen LogP contribution >= 0.6 is 11.8 Å². The van der Waals surface area contributed by atoms with Gasteiger partial charge in [-0.1, -0.05) is 6.42 Å².